The highest BCUT2D eigenvalue weighted by Gasteiger charge is 2.56. The highest BCUT2D eigenvalue weighted by atomic mass is 32.2. The minimum Gasteiger partial charge on any atom is -0.486 e. The summed E-state index contributed by atoms with van der Waals surface area (Å²) in [6.07, 6.45) is 0.890. The molecule has 0 aromatic heterocycles. The van der Waals surface area contributed by atoms with Gasteiger partial charge in [0.2, 0.25) is 5.91 Å². The van der Waals surface area contributed by atoms with Crippen molar-refractivity contribution in [2.24, 2.45) is 0 Å². The van der Waals surface area contributed by atoms with Gasteiger partial charge in [-0.15, -0.1) is 0 Å². The number of aliphatic hydroxyl groups is 1. The van der Waals surface area contributed by atoms with E-state index in [-0.39, 0.29) is 5.91 Å². The molecule has 0 spiro atoms. The first kappa shape index (κ1) is 19.7. The minimum absolute atomic E-state index is 0.209. The Morgan fingerprint density at radius 3 is 2.63 bits per heavy atom. The highest BCUT2D eigenvalue weighted by molar-refractivity contribution is 7.97. The van der Waals surface area contributed by atoms with E-state index in [2.05, 4.69) is 5.32 Å². The molecule has 0 radical (unpaired) electrons. The normalized spacial score (nSPS) is 22.7. The van der Waals surface area contributed by atoms with E-state index in [4.69, 9.17) is 19.2 Å². The van der Waals surface area contributed by atoms with Gasteiger partial charge in [-0.1, -0.05) is 30.3 Å². The smallest absolute Gasteiger partial charge is 0.358 e. The lowest BCUT2D eigenvalue weighted by atomic mass is 10.0. The van der Waals surface area contributed by atoms with Gasteiger partial charge in [-0.3, -0.25) is 4.79 Å². The molecule has 1 amide bonds. The maximum atomic E-state index is 13.1. The van der Waals surface area contributed by atoms with Crippen LogP contribution >= 0.6 is 11.9 Å². The van der Waals surface area contributed by atoms with Crippen molar-refractivity contribution in [3.8, 4) is 11.5 Å². The summed E-state index contributed by atoms with van der Waals surface area (Å²) in [7, 11) is 1.87. The fourth-order valence-electron chi connectivity index (χ4n) is 3.72. The Labute approximate surface area is 178 Å². The van der Waals surface area contributed by atoms with Crippen molar-refractivity contribution in [3.63, 3.8) is 0 Å². The topological polar surface area (TPSA) is 96.1 Å². The molecule has 2 aromatic rings. The Balaban J connectivity index is 1.33. The lowest BCUT2D eigenvalue weighted by Gasteiger charge is -2.34. The van der Waals surface area contributed by atoms with Gasteiger partial charge in [0.05, 0.1) is 0 Å². The summed E-state index contributed by atoms with van der Waals surface area (Å²) in [6, 6.07) is 12.3. The van der Waals surface area contributed by atoms with Gasteiger partial charge in [-0.2, -0.15) is 9.78 Å². The predicted octanol–water partition coefficient (Wildman–Crippen LogP) is 1.66. The standard InChI is InChI=1S/C21H22N2O6S/c1-23-15(10-14-11-16-17(12-18(14)30-23)27-8-7-26-16)20(24)22-19(21(25)28-29-21)9-13-5-3-2-4-6-13/h2-6,11-12,15,19,25H,7-10H2,1H3,(H,22,24)/t15?,19-/m0/s1. The number of carbonyl (C=O) groups excluding carboxylic acids is 1. The average molecular weight is 430 g/mol. The van der Waals surface area contributed by atoms with Crippen LogP contribution in [0.15, 0.2) is 47.4 Å². The van der Waals surface area contributed by atoms with Crippen LogP contribution in [0.5, 0.6) is 11.5 Å². The lowest BCUT2D eigenvalue weighted by Crippen LogP contribution is -2.53. The Morgan fingerprint density at radius 1 is 1.23 bits per heavy atom. The summed E-state index contributed by atoms with van der Waals surface area (Å²) in [4.78, 5) is 23.7. The molecule has 0 saturated carbocycles. The molecule has 2 atom stereocenters. The third-order valence-corrected chi connectivity index (χ3v) is 6.54. The summed E-state index contributed by atoms with van der Waals surface area (Å²) >= 11 is 1.49. The van der Waals surface area contributed by atoms with Crippen molar-refractivity contribution in [1.29, 1.82) is 0 Å². The van der Waals surface area contributed by atoms with Gasteiger partial charge in [0.25, 0.3) is 0 Å². The Kier molecular flexibility index (Phi) is 5.08. The first-order valence-electron chi connectivity index (χ1n) is 9.79. The van der Waals surface area contributed by atoms with Crippen LogP contribution in [0.4, 0.5) is 0 Å². The third kappa shape index (κ3) is 3.86. The number of rotatable bonds is 5. The maximum absolute atomic E-state index is 13.1. The van der Waals surface area contributed by atoms with Gasteiger partial charge in [-0.25, -0.2) is 4.31 Å². The van der Waals surface area contributed by atoms with E-state index in [0.717, 1.165) is 21.8 Å². The number of nitrogens with zero attached hydrogens (tertiary/aromatic N) is 1. The number of likely N-dealkylation sites (N-methyl/N-ethyl adjacent to an activating group) is 1. The summed E-state index contributed by atoms with van der Waals surface area (Å²) in [5, 5.41) is 13.3. The van der Waals surface area contributed by atoms with E-state index < -0.39 is 18.1 Å². The van der Waals surface area contributed by atoms with Crippen molar-refractivity contribution in [2.45, 2.75) is 35.8 Å². The van der Waals surface area contributed by atoms with Crippen LogP contribution < -0.4 is 14.8 Å². The van der Waals surface area contributed by atoms with E-state index in [1.807, 2.05) is 53.8 Å². The first-order valence-corrected chi connectivity index (χ1v) is 10.6. The summed E-state index contributed by atoms with van der Waals surface area (Å²) < 4.78 is 13.3. The molecule has 1 unspecified atom stereocenters. The number of fused-ring (bicyclic) bond motifs is 2. The lowest BCUT2D eigenvalue weighted by molar-refractivity contribution is -0.128. The minimum atomic E-state index is -1.80. The van der Waals surface area contributed by atoms with Gasteiger partial charge in [0, 0.05) is 11.3 Å². The van der Waals surface area contributed by atoms with Crippen molar-refractivity contribution in [3.05, 3.63) is 53.6 Å². The number of benzene rings is 2. The summed E-state index contributed by atoms with van der Waals surface area (Å²) in [6.45, 7) is 1.05. The maximum Gasteiger partial charge on any atom is 0.358 e. The van der Waals surface area contributed by atoms with Crippen molar-refractivity contribution in [1.82, 2.24) is 9.62 Å². The Hall–Kier alpha value is -2.30. The van der Waals surface area contributed by atoms with Crippen LogP contribution in [0.1, 0.15) is 11.1 Å². The molecule has 2 aromatic carbocycles. The molecule has 2 N–H and O–H groups in total. The Bertz CT molecular complexity index is 952. The molecule has 158 valence electrons. The third-order valence-electron chi connectivity index (χ3n) is 5.42. The Morgan fingerprint density at radius 2 is 1.93 bits per heavy atom. The van der Waals surface area contributed by atoms with Crippen LogP contribution in [0.2, 0.25) is 0 Å². The average Bonchev–Trinajstić information content (AvgIpc) is 3.50. The second-order valence-corrected chi connectivity index (χ2v) is 8.71. The fraction of sp³-hybridized carbons (Fsp3) is 0.381. The zero-order valence-corrected chi connectivity index (χ0v) is 17.2. The molecule has 3 aliphatic heterocycles. The van der Waals surface area contributed by atoms with Gasteiger partial charge in [0.1, 0.15) is 25.3 Å². The first-order chi connectivity index (χ1) is 14.5. The molecule has 30 heavy (non-hydrogen) atoms. The number of carbonyl (C=O) groups is 1. The predicted molar refractivity (Wildman–Crippen MR) is 108 cm³/mol. The molecule has 0 aliphatic carbocycles. The second-order valence-electron chi connectivity index (χ2n) is 7.51. The number of hydrogen-bond acceptors (Lipinski definition) is 8. The SMILES string of the molecule is CN1Sc2cc3c(cc2CC1C(=O)N[C@@H](Cc1ccccc1)C1(O)OO1)OCCO3. The van der Waals surface area contributed by atoms with Gasteiger partial charge in [0.15, 0.2) is 11.5 Å². The van der Waals surface area contributed by atoms with Gasteiger partial charge < -0.3 is 19.9 Å². The quantitative estimate of drug-likeness (QED) is 0.420. The van der Waals surface area contributed by atoms with E-state index in [9.17, 15) is 9.90 Å². The second kappa shape index (κ2) is 7.75. The number of nitrogens with one attached hydrogen (secondary N) is 1. The van der Waals surface area contributed by atoms with Crippen LogP contribution in [0.3, 0.4) is 0 Å². The van der Waals surface area contributed by atoms with Crippen LogP contribution in [-0.4, -0.2) is 53.6 Å². The molecule has 8 nitrogen and oxygen atoms in total. The van der Waals surface area contributed by atoms with E-state index in [0.29, 0.717) is 31.8 Å². The molecule has 3 aliphatic rings. The monoisotopic (exact) mass is 430 g/mol. The molecule has 1 saturated heterocycles. The van der Waals surface area contributed by atoms with E-state index in [1.54, 1.807) is 0 Å². The number of amides is 1. The number of hydrogen-bond donors (Lipinski definition) is 2. The van der Waals surface area contributed by atoms with Crippen molar-refractivity contribution < 1.29 is 29.1 Å². The molecular weight excluding hydrogens is 408 g/mol. The van der Waals surface area contributed by atoms with Crippen LogP contribution in [-0.2, 0) is 27.4 Å². The zero-order valence-electron chi connectivity index (χ0n) is 16.4. The van der Waals surface area contributed by atoms with Crippen LogP contribution in [0.25, 0.3) is 0 Å². The van der Waals surface area contributed by atoms with Gasteiger partial charge >= 0.3 is 5.97 Å². The molecule has 0 bridgehead atoms. The van der Waals surface area contributed by atoms with Crippen molar-refractivity contribution >= 4 is 17.9 Å². The largest absolute Gasteiger partial charge is 0.486 e. The van der Waals surface area contributed by atoms with E-state index >= 15 is 0 Å². The summed E-state index contributed by atoms with van der Waals surface area (Å²) in [5.41, 5.74) is 1.98. The molecular formula is C21H22N2O6S. The fourth-order valence-corrected chi connectivity index (χ4v) is 4.74. The summed E-state index contributed by atoms with van der Waals surface area (Å²) in [5.74, 6) is -0.565. The van der Waals surface area contributed by atoms with Crippen molar-refractivity contribution in [2.75, 3.05) is 20.3 Å². The zero-order chi connectivity index (χ0) is 20.7. The van der Waals surface area contributed by atoms with Crippen LogP contribution in [0, 0.1) is 0 Å². The van der Waals surface area contributed by atoms with Gasteiger partial charge in [-0.05, 0) is 48.7 Å². The number of ether oxygens (including phenoxy) is 2. The molecule has 9 heteroatoms. The molecule has 3 heterocycles. The highest BCUT2D eigenvalue weighted by Crippen LogP contribution is 2.42. The molecule has 5 rings (SSSR count). The van der Waals surface area contributed by atoms with E-state index in [1.165, 1.54) is 11.9 Å². The molecule has 1 fully saturated rings.